The largest absolute Gasteiger partial charge is 1.00 e. The van der Waals surface area contributed by atoms with Crippen LogP contribution in [0.2, 0.25) is 0 Å². The van der Waals surface area contributed by atoms with Gasteiger partial charge < -0.3 is 17.5 Å². The van der Waals surface area contributed by atoms with E-state index in [1.807, 2.05) is 72.8 Å². The van der Waals surface area contributed by atoms with Gasteiger partial charge in [0.25, 0.3) is 0 Å². The molecule has 38 heavy (non-hydrogen) atoms. The standard InChI is InChI=1S/C28H22O6S2.2Na/c29-35(30)33-27-7-3-1-5-25(27)19-13-21-9-15-23(16-10-21)24-17-11-22(12-18-24)14-20-26-6-2-4-8-28(26)34-36(31)32;;/h1-20H,(H,29,30)(H,31,32);;/q;2*+1/p-2/b19-13+,20-14+;;. The first-order valence-electron chi connectivity index (χ1n) is 10.8. The summed E-state index contributed by atoms with van der Waals surface area (Å²) in [6.45, 7) is 0. The number of rotatable bonds is 9. The van der Waals surface area contributed by atoms with Gasteiger partial charge in [-0.3, -0.25) is 0 Å². The van der Waals surface area contributed by atoms with E-state index in [1.165, 1.54) is 0 Å². The van der Waals surface area contributed by atoms with Gasteiger partial charge in [-0.15, -0.1) is 0 Å². The smallest absolute Gasteiger partial charge is 0.740 e. The van der Waals surface area contributed by atoms with E-state index in [1.54, 1.807) is 48.6 Å². The van der Waals surface area contributed by atoms with E-state index < -0.39 is 22.7 Å². The van der Waals surface area contributed by atoms with E-state index in [9.17, 15) is 17.5 Å². The zero-order valence-electron chi connectivity index (χ0n) is 20.8. The van der Waals surface area contributed by atoms with Gasteiger partial charge in [-0.1, -0.05) is 109 Å². The molecular formula is C28H20Na2O6S2. The molecule has 0 aliphatic carbocycles. The molecule has 0 aliphatic rings. The van der Waals surface area contributed by atoms with E-state index >= 15 is 0 Å². The van der Waals surface area contributed by atoms with Crippen molar-refractivity contribution < 1.29 is 85.0 Å². The fraction of sp³-hybridized carbons (Fsp3) is 0. The molecule has 0 heterocycles. The molecular weight excluding hydrogens is 542 g/mol. The van der Waals surface area contributed by atoms with E-state index in [0.29, 0.717) is 11.1 Å². The second-order valence-electron chi connectivity index (χ2n) is 7.56. The van der Waals surface area contributed by atoms with Crippen LogP contribution in [0.15, 0.2) is 97.1 Å². The monoisotopic (exact) mass is 562 g/mol. The van der Waals surface area contributed by atoms with Gasteiger partial charge in [0.15, 0.2) is 0 Å². The molecule has 2 unspecified atom stereocenters. The molecule has 0 saturated carbocycles. The zero-order chi connectivity index (χ0) is 25.3. The molecule has 4 aromatic carbocycles. The fourth-order valence-corrected chi connectivity index (χ4v) is 4.08. The van der Waals surface area contributed by atoms with Gasteiger partial charge in [0, 0.05) is 11.1 Å². The fourth-order valence-electron chi connectivity index (χ4n) is 3.48. The van der Waals surface area contributed by atoms with Crippen LogP contribution in [-0.2, 0) is 22.7 Å². The quantitative estimate of drug-likeness (QED) is 0.163. The molecule has 10 heteroatoms. The van der Waals surface area contributed by atoms with Crippen LogP contribution in [0.25, 0.3) is 35.4 Å². The minimum Gasteiger partial charge on any atom is -0.740 e. The normalized spacial score (nSPS) is 12.4. The van der Waals surface area contributed by atoms with E-state index in [-0.39, 0.29) is 70.6 Å². The van der Waals surface area contributed by atoms with Crippen molar-refractivity contribution in [3.63, 3.8) is 0 Å². The SMILES string of the molecule is O=S([O-])Oc1ccccc1/C=C/c1ccc(-c2ccc(/C=C/c3ccccc3OS(=O)[O-])cc2)cc1.[Na+].[Na+]. The van der Waals surface area contributed by atoms with Crippen LogP contribution in [0.3, 0.4) is 0 Å². The number of hydrogen-bond acceptors (Lipinski definition) is 6. The Morgan fingerprint density at radius 2 is 0.842 bits per heavy atom. The summed E-state index contributed by atoms with van der Waals surface area (Å²) in [5.74, 6) is 0.536. The molecule has 0 fully saturated rings. The number of para-hydroxylation sites is 2. The minimum absolute atomic E-state index is 0. The van der Waals surface area contributed by atoms with E-state index in [2.05, 4.69) is 0 Å². The summed E-state index contributed by atoms with van der Waals surface area (Å²) in [4.78, 5) is 0. The summed E-state index contributed by atoms with van der Waals surface area (Å²) in [6, 6.07) is 29.7. The number of benzene rings is 4. The van der Waals surface area contributed by atoms with Crippen LogP contribution in [-0.4, -0.2) is 17.5 Å². The molecule has 0 bridgehead atoms. The summed E-state index contributed by atoms with van der Waals surface area (Å²) in [5.41, 5.74) is 5.32. The van der Waals surface area contributed by atoms with Crippen LogP contribution in [0.1, 0.15) is 22.3 Å². The van der Waals surface area contributed by atoms with Crippen molar-refractivity contribution in [2.45, 2.75) is 0 Å². The van der Waals surface area contributed by atoms with Crippen LogP contribution < -0.4 is 67.5 Å². The molecule has 0 radical (unpaired) electrons. The second kappa shape index (κ2) is 16.3. The van der Waals surface area contributed by atoms with Crippen LogP contribution in [0.5, 0.6) is 11.5 Å². The third kappa shape index (κ3) is 9.73. The predicted octanol–water partition coefficient (Wildman–Crippen LogP) is 0.0482. The average Bonchev–Trinajstić information content (AvgIpc) is 2.88. The Balaban J connectivity index is 0.00000253. The Kier molecular flexibility index (Phi) is 13.9. The Labute approximate surface area is 271 Å². The van der Waals surface area contributed by atoms with Crippen molar-refractivity contribution in [3.8, 4) is 22.6 Å². The van der Waals surface area contributed by atoms with E-state index in [0.717, 1.165) is 22.3 Å². The Hall–Kier alpha value is -1.82. The van der Waals surface area contributed by atoms with Crippen molar-refractivity contribution in [2.24, 2.45) is 0 Å². The Morgan fingerprint density at radius 1 is 0.500 bits per heavy atom. The molecule has 0 saturated heterocycles. The average molecular weight is 563 g/mol. The van der Waals surface area contributed by atoms with E-state index in [4.69, 9.17) is 8.37 Å². The van der Waals surface area contributed by atoms with Crippen molar-refractivity contribution >= 4 is 47.0 Å². The van der Waals surface area contributed by atoms with Gasteiger partial charge >= 0.3 is 59.1 Å². The van der Waals surface area contributed by atoms with Gasteiger partial charge in [-0.05, 0) is 34.4 Å². The van der Waals surface area contributed by atoms with Crippen LogP contribution in [0.4, 0.5) is 0 Å². The summed E-state index contributed by atoms with van der Waals surface area (Å²) in [6.07, 6.45) is 7.38. The zero-order valence-corrected chi connectivity index (χ0v) is 26.4. The summed E-state index contributed by atoms with van der Waals surface area (Å²) < 4.78 is 53.1. The first-order valence-corrected chi connectivity index (χ1v) is 12.8. The van der Waals surface area contributed by atoms with Crippen LogP contribution in [0, 0.1) is 0 Å². The third-order valence-corrected chi connectivity index (χ3v) is 5.85. The molecule has 0 aromatic heterocycles. The molecule has 4 aromatic rings. The maximum absolute atomic E-state index is 10.9. The summed E-state index contributed by atoms with van der Waals surface area (Å²) in [5, 5.41) is 0. The van der Waals surface area contributed by atoms with Gasteiger partial charge in [-0.25, -0.2) is 8.42 Å². The maximum Gasteiger partial charge on any atom is 1.00 e. The molecule has 182 valence electrons. The molecule has 6 nitrogen and oxygen atoms in total. The van der Waals surface area contributed by atoms with Crippen LogP contribution >= 0.6 is 0 Å². The Morgan fingerprint density at radius 3 is 1.18 bits per heavy atom. The molecule has 0 spiro atoms. The summed E-state index contributed by atoms with van der Waals surface area (Å²) >= 11 is -5.26. The second-order valence-corrected chi connectivity index (χ2v) is 8.71. The molecule has 0 N–H and O–H groups in total. The maximum atomic E-state index is 10.9. The number of hydrogen-bond donors (Lipinski definition) is 0. The first-order chi connectivity index (χ1) is 17.5. The van der Waals surface area contributed by atoms with Crippen molar-refractivity contribution in [1.29, 1.82) is 0 Å². The van der Waals surface area contributed by atoms with Crippen molar-refractivity contribution in [2.75, 3.05) is 0 Å². The summed E-state index contributed by atoms with van der Waals surface area (Å²) in [7, 11) is 0. The first kappa shape index (κ1) is 32.4. The Bertz CT molecular complexity index is 1330. The molecule has 0 aliphatic heterocycles. The van der Waals surface area contributed by atoms with Gasteiger partial charge in [0.1, 0.15) is 34.2 Å². The van der Waals surface area contributed by atoms with Crippen molar-refractivity contribution in [3.05, 3.63) is 119 Å². The molecule has 4 rings (SSSR count). The topological polar surface area (TPSA) is 98.7 Å². The molecule has 2 atom stereocenters. The van der Waals surface area contributed by atoms with Gasteiger partial charge in [0.2, 0.25) is 0 Å². The third-order valence-electron chi connectivity index (χ3n) is 5.22. The predicted molar refractivity (Wildman–Crippen MR) is 142 cm³/mol. The minimum atomic E-state index is -2.63. The van der Waals surface area contributed by atoms with Gasteiger partial charge in [-0.2, -0.15) is 0 Å². The van der Waals surface area contributed by atoms with Crippen molar-refractivity contribution in [1.82, 2.24) is 0 Å². The van der Waals surface area contributed by atoms with Gasteiger partial charge in [0.05, 0.1) is 0 Å². The molecule has 0 amide bonds.